The van der Waals surface area contributed by atoms with E-state index < -0.39 is 44.5 Å². The Morgan fingerprint density at radius 1 is 1.06 bits per heavy atom. The molecular weight excluding hydrogens is 518 g/mol. The third-order valence-corrected chi connectivity index (χ3v) is 6.58. The second-order valence-corrected chi connectivity index (χ2v) is 9.29. The second-order valence-electron chi connectivity index (χ2n) is 7.23. The number of cyclic esters (lactones) is 1. The Morgan fingerprint density at radius 2 is 1.80 bits per heavy atom. The van der Waals surface area contributed by atoms with Gasteiger partial charge in [-0.2, -0.15) is 0 Å². The minimum atomic E-state index is -5.14. The number of methoxy groups -OCH3 is 1. The van der Waals surface area contributed by atoms with Crippen LogP contribution in [0, 0.1) is 5.82 Å². The molecule has 0 amide bonds. The van der Waals surface area contributed by atoms with Crippen molar-refractivity contribution >= 4 is 33.3 Å². The number of carbonyl (C=O) groups excluding carboxylic acids is 1. The maximum atomic E-state index is 14.0. The number of fused-ring (bicyclic) bond motifs is 6. The summed E-state index contributed by atoms with van der Waals surface area (Å²) in [6.45, 7) is -0.357. The van der Waals surface area contributed by atoms with Crippen molar-refractivity contribution in [2.24, 2.45) is 0 Å². The molecule has 0 unspecified atom stereocenters. The number of esters is 1. The number of alkyl halides is 3. The first-order valence-corrected chi connectivity index (χ1v) is 11.5. The van der Waals surface area contributed by atoms with Crippen LogP contribution in [0.3, 0.4) is 0 Å². The molecule has 184 valence electrons. The monoisotopic (exact) mass is 531 g/mol. The van der Waals surface area contributed by atoms with Crippen LogP contribution in [0.5, 0.6) is 11.5 Å². The highest BCUT2D eigenvalue weighted by atomic mass is 35.5. The number of carbonyl (C=O) groups is 1. The first-order valence-electron chi connectivity index (χ1n) is 9.64. The number of hydrogen-bond acceptors (Lipinski definition) is 6. The third kappa shape index (κ3) is 5.13. The Morgan fingerprint density at radius 3 is 2.49 bits per heavy atom. The number of benzene rings is 3. The smallest absolute Gasteiger partial charge is 0.494 e. The SMILES string of the molecule is COc1c(Cl)cc2cc1S(=O)(=O)Nc1cc(ccc1OC(F)(F)F)-c1cc(F)ccc1COC2=O. The van der Waals surface area contributed by atoms with Gasteiger partial charge >= 0.3 is 12.3 Å². The maximum absolute atomic E-state index is 14.0. The predicted octanol–water partition coefficient (Wildman–Crippen LogP) is 5.52. The summed E-state index contributed by atoms with van der Waals surface area (Å²) >= 11 is 6.11. The highest BCUT2D eigenvalue weighted by molar-refractivity contribution is 7.92. The van der Waals surface area contributed by atoms with Crippen LogP contribution in [-0.2, 0) is 21.4 Å². The summed E-state index contributed by atoms with van der Waals surface area (Å²) in [5.74, 6) is -2.86. The van der Waals surface area contributed by atoms with E-state index in [0.29, 0.717) is 5.56 Å². The lowest BCUT2D eigenvalue weighted by molar-refractivity contribution is -0.274. The summed E-state index contributed by atoms with van der Waals surface area (Å²) < 4.78 is 95.8. The first-order chi connectivity index (χ1) is 16.4. The van der Waals surface area contributed by atoms with Gasteiger partial charge in [-0.15, -0.1) is 13.2 Å². The highest BCUT2D eigenvalue weighted by Crippen LogP contribution is 2.40. The van der Waals surface area contributed by atoms with Gasteiger partial charge in [0.2, 0.25) is 0 Å². The molecule has 4 bridgehead atoms. The Bertz CT molecular complexity index is 1440. The Hall–Kier alpha value is -3.51. The molecule has 0 aromatic heterocycles. The number of halogens is 5. The van der Waals surface area contributed by atoms with E-state index in [9.17, 15) is 30.8 Å². The van der Waals surface area contributed by atoms with Crippen LogP contribution in [0.15, 0.2) is 53.4 Å². The normalized spacial score (nSPS) is 14.9. The first kappa shape index (κ1) is 24.6. The van der Waals surface area contributed by atoms with Gasteiger partial charge in [0.25, 0.3) is 10.0 Å². The molecule has 1 aliphatic heterocycles. The van der Waals surface area contributed by atoms with Crippen LogP contribution in [-0.4, -0.2) is 27.9 Å². The maximum Gasteiger partial charge on any atom is 0.573 e. The molecule has 7 nitrogen and oxygen atoms in total. The van der Waals surface area contributed by atoms with Crippen LogP contribution in [0.25, 0.3) is 11.1 Å². The number of nitrogens with one attached hydrogen (secondary N) is 1. The lowest BCUT2D eigenvalue weighted by Crippen LogP contribution is -2.20. The largest absolute Gasteiger partial charge is 0.573 e. The van der Waals surface area contributed by atoms with Crippen molar-refractivity contribution in [2.45, 2.75) is 17.9 Å². The molecule has 0 saturated heterocycles. The fourth-order valence-electron chi connectivity index (χ4n) is 3.44. The molecule has 0 atom stereocenters. The van der Waals surface area contributed by atoms with E-state index in [1.54, 1.807) is 0 Å². The number of hydrogen-bond donors (Lipinski definition) is 1. The van der Waals surface area contributed by atoms with Crippen molar-refractivity contribution in [1.29, 1.82) is 0 Å². The molecule has 0 fully saturated rings. The fourth-order valence-corrected chi connectivity index (χ4v) is 5.08. The van der Waals surface area contributed by atoms with Gasteiger partial charge in [-0.25, -0.2) is 17.6 Å². The molecule has 1 heterocycles. The lowest BCUT2D eigenvalue weighted by Gasteiger charge is -2.18. The van der Waals surface area contributed by atoms with Gasteiger partial charge in [0.1, 0.15) is 17.3 Å². The average Bonchev–Trinajstić information content (AvgIpc) is 2.77. The summed E-state index contributed by atoms with van der Waals surface area (Å²) in [7, 11) is -3.58. The fraction of sp³-hybridized carbons (Fsp3) is 0.136. The topological polar surface area (TPSA) is 90.9 Å². The highest BCUT2D eigenvalue weighted by Gasteiger charge is 2.34. The quantitative estimate of drug-likeness (QED) is 0.346. The van der Waals surface area contributed by atoms with Crippen molar-refractivity contribution in [3.63, 3.8) is 0 Å². The van der Waals surface area contributed by atoms with E-state index >= 15 is 0 Å². The molecule has 1 aliphatic rings. The van der Waals surface area contributed by atoms with E-state index in [2.05, 4.69) is 4.74 Å². The molecule has 13 heteroatoms. The van der Waals surface area contributed by atoms with Crippen LogP contribution in [0.4, 0.5) is 23.2 Å². The molecule has 3 aromatic carbocycles. The lowest BCUT2D eigenvalue weighted by atomic mass is 9.99. The van der Waals surface area contributed by atoms with Crippen molar-refractivity contribution in [3.8, 4) is 22.6 Å². The number of anilines is 1. The number of sulfonamides is 1. The number of rotatable bonds is 2. The van der Waals surface area contributed by atoms with Gasteiger partial charge in [-0.05, 0) is 53.1 Å². The van der Waals surface area contributed by atoms with E-state index in [0.717, 1.165) is 43.5 Å². The minimum absolute atomic E-state index is 0.124. The zero-order valence-electron chi connectivity index (χ0n) is 17.6. The minimum Gasteiger partial charge on any atom is -0.494 e. The molecule has 35 heavy (non-hydrogen) atoms. The molecule has 3 aromatic rings. The van der Waals surface area contributed by atoms with E-state index in [1.807, 2.05) is 4.72 Å². The van der Waals surface area contributed by atoms with E-state index in [4.69, 9.17) is 21.1 Å². The second kappa shape index (κ2) is 8.93. The van der Waals surface area contributed by atoms with Crippen molar-refractivity contribution in [1.82, 2.24) is 0 Å². The van der Waals surface area contributed by atoms with Gasteiger partial charge in [0.15, 0.2) is 11.5 Å². The molecule has 4 rings (SSSR count). The van der Waals surface area contributed by atoms with Crippen LogP contribution in [0.1, 0.15) is 15.9 Å². The molecule has 1 N–H and O–H groups in total. The van der Waals surface area contributed by atoms with Crippen LogP contribution >= 0.6 is 11.6 Å². The number of ether oxygens (including phenoxy) is 3. The molecule has 0 aliphatic carbocycles. The average molecular weight is 532 g/mol. The van der Waals surface area contributed by atoms with Crippen LogP contribution in [0.2, 0.25) is 5.02 Å². The Kier molecular flexibility index (Phi) is 6.28. The van der Waals surface area contributed by atoms with Gasteiger partial charge in [-0.3, -0.25) is 4.72 Å². The standard InChI is InChI=1S/C22H14ClF4NO6S/c1-32-20-16(23)6-13-8-19(20)35(30,31)28-17-7-11(3-5-18(17)34-22(25,26)27)15-9-14(24)4-2-12(15)10-33-21(13)29/h2-9,28H,10H2,1H3. The van der Waals surface area contributed by atoms with E-state index in [-0.39, 0.29) is 34.1 Å². The zero-order valence-corrected chi connectivity index (χ0v) is 19.1. The molecule has 0 radical (unpaired) electrons. The molecule has 0 saturated carbocycles. The summed E-state index contributed by atoms with van der Waals surface area (Å²) in [6, 6.07) is 8.62. The van der Waals surface area contributed by atoms with Crippen molar-refractivity contribution in [3.05, 3.63) is 70.5 Å². The predicted molar refractivity (Wildman–Crippen MR) is 116 cm³/mol. The van der Waals surface area contributed by atoms with Gasteiger partial charge in [0, 0.05) is 0 Å². The van der Waals surface area contributed by atoms with Crippen molar-refractivity contribution in [2.75, 3.05) is 11.8 Å². The summed E-state index contributed by atoms with van der Waals surface area (Å²) in [5.41, 5.74) is -0.295. The molecular formula is C22H14ClF4NO6S. The van der Waals surface area contributed by atoms with Crippen LogP contribution < -0.4 is 14.2 Å². The Balaban J connectivity index is 2.00. The zero-order chi connectivity index (χ0) is 25.5. The van der Waals surface area contributed by atoms with Gasteiger partial charge in [0.05, 0.1) is 23.4 Å². The van der Waals surface area contributed by atoms with E-state index in [1.165, 1.54) is 12.1 Å². The van der Waals surface area contributed by atoms with Crippen molar-refractivity contribution < 1.29 is 45.0 Å². The van der Waals surface area contributed by atoms with Gasteiger partial charge < -0.3 is 14.2 Å². The summed E-state index contributed by atoms with van der Waals surface area (Å²) in [4.78, 5) is 12.0. The Labute approximate surface area is 201 Å². The summed E-state index contributed by atoms with van der Waals surface area (Å²) in [5, 5.41) is -0.264. The molecule has 0 spiro atoms. The van der Waals surface area contributed by atoms with Gasteiger partial charge in [-0.1, -0.05) is 23.7 Å². The summed E-state index contributed by atoms with van der Waals surface area (Å²) in [6.07, 6.45) is -5.14. The third-order valence-electron chi connectivity index (χ3n) is 4.93.